The normalized spacial score (nSPS) is 14.9. The summed E-state index contributed by atoms with van der Waals surface area (Å²) in [4.78, 5) is 0. The first-order valence-corrected chi connectivity index (χ1v) is 7.16. The Labute approximate surface area is 105 Å². The molecule has 15 heavy (non-hydrogen) atoms. The van der Waals surface area contributed by atoms with Crippen molar-refractivity contribution in [3.8, 4) is 0 Å². The third-order valence-corrected chi connectivity index (χ3v) is 4.44. The highest BCUT2D eigenvalue weighted by Crippen LogP contribution is 2.36. The first-order chi connectivity index (χ1) is 7.20. The van der Waals surface area contributed by atoms with Crippen LogP contribution in [0, 0.1) is 0 Å². The van der Waals surface area contributed by atoms with Gasteiger partial charge in [-0.15, -0.1) is 0 Å². The van der Waals surface area contributed by atoms with Crippen molar-refractivity contribution in [2.24, 2.45) is 5.73 Å². The van der Waals surface area contributed by atoms with E-state index in [-0.39, 0.29) is 6.04 Å². The van der Waals surface area contributed by atoms with E-state index >= 15 is 0 Å². The fourth-order valence-electron chi connectivity index (χ4n) is 1.54. The second-order valence-corrected chi connectivity index (χ2v) is 5.74. The monoisotopic (exact) mass is 287 g/mol. The zero-order valence-corrected chi connectivity index (χ0v) is 11.6. The number of hydrogen-bond donors (Lipinski definition) is 1. The Morgan fingerprint density at radius 3 is 2.53 bits per heavy atom. The summed E-state index contributed by atoms with van der Waals surface area (Å²) in [5.41, 5.74) is 7.48. The van der Waals surface area contributed by atoms with Gasteiger partial charge in [0.25, 0.3) is 0 Å². The minimum Gasteiger partial charge on any atom is -0.326 e. The molecule has 0 fully saturated rings. The Morgan fingerprint density at radius 1 is 1.33 bits per heavy atom. The molecule has 1 aromatic rings. The van der Waals surface area contributed by atoms with Crippen LogP contribution in [-0.2, 0) is 0 Å². The van der Waals surface area contributed by atoms with Gasteiger partial charge < -0.3 is 5.73 Å². The predicted molar refractivity (Wildman–Crippen MR) is 73.3 cm³/mol. The van der Waals surface area contributed by atoms with Gasteiger partial charge in [-0.2, -0.15) is 11.8 Å². The van der Waals surface area contributed by atoms with Gasteiger partial charge in [0.1, 0.15) is 0 Å². The Balaban J connectivity index is 2.93. The molecule has 1 aromatic carbocycles. The molecule has 0 radical (unpaired) electrons. The lowest BCUT2D eigenvalue weighted by Crippen LogP contribution is -2.26. The number of rotatable bonds is 5. The van der Waals surface area contributed by atoms with E-state index < -0.39 is 0 Å². The van der Waals surface area contributed by atoms with E-state index in [1.807, 2.05) is 17.8 Å². The fraction of sp³-hybridized carbons (Fsp3) is 0.500. The van der Waals surface area contributed by atoms with E-state index in [0.29, 0.717) is 5.25 Å². The van der Waals surface area contributed by atoms with Crippen molar-refractivity contribution in [3.63, 3.8) is 0 Å². The van der Waals surface area contributed by atoms with E-state index in [1.54, 1.807) is 0 Å². The predicted octanol–water partition coefficient (Wildman–Crippen LogP) is 3.98. The third-order valence-electron chi connectivity index (χ3n) is 2.42. The van der Waals surface area contributed by atoms with Gasteiger partial charge in [-0.3, -0.25) is 0 Å². The van der Waals surface area contributed by atoms with Crippen molar-refractivity contribution in [3.05, 3.63) is 34.3 Å². The highest BCUT2D eigenvalue weighted by molar-refractivity contribution is 9.10. The Kier molecular flexibility index (Phi) is 5.72. The lowest BCUT2D eigenvalue weighted by atomic mass is 10.0. The second-order valence-electron chi connectivity index (χ2n) is 3.47. The molecule has 0 heterocycles. The van der Waals surface area contributed by atoms with Crippen LogP contribution in [0.5, 0.6) is 0 Å². The molecule has 84 valence electrons. The third kappa shape index (κ3) is 3.51. The Hall–Kier alpha value is 0.01000. The van der Waals surface area contributed by atoms with Crippen LogP contribution in [0.4, 0.5) is 0 Å². The minimum absolute atomic E-state index is 0.230. The fourth-order valence-corrected chi connectivity index (χ4v) is 3.41. The molecule has 2 N–H and O–H groups in total. The molecule has 0 aromatic heterocycles. The highest BCUT2D eigenvalue weighted by Gasteiger charge is 2.19. The maximum atomic E-state index is 6.16. The summed E-state index contributed by atoms with van der Waals surface area (Å²) < 4.78 is 1.17. The summed E-state index contributed by atoms with van der Waals surface area (Å²) in [6, 6.07) is 8.59. The van der Waals surface area contributed by atoms with Crippen LogP contribution in [0.3, 0.4) is 0 Å². The van der Waals surface area contributed by atoms with Gasteiger partial charge >= 0.3 is 0 Å². The minimum atomic E-state index is 0.230. The second kappa shape index (κ2) is 6.56. The lowest BCUT2D eigenvalue weighted by molar-refractivity contribution is 0.633. The van der Waals surface area contributed by atoms with Crippen molar-refractivity contribution >= 4 is 27.7 Å². The largest absolute Gasteiger partial charge is 0.326 e. The van der Waals surface area contributed by atoms with Crippen molar-refractivity contribution < 1.29 is 0 Å². The lowest BCUT2D eigenvalue weighted by Gasteiger charge is -2.23. The molecule has 2 unspecified atom stereocenters. The average molecular weight is 288 g/mol. The quantitative estimate of drug-likeness (QED) is 0.887. The number of thioether (sulfide) groups is 1. The molecule has 0 aliphatic rings. The van der Waals surface area contributed by atoms with Crippen LogP contribution < -0.4 is 5.73 Å². The van der Waals surface area contributed by atoms with Crippen LogP contribution in [0.25, 0.3) is 0 Å². The summed E-state index contributed by atoms with van der Waals surface area (Å²) in [6.45, 7) is 4.32. The summed E-state index contributed by atoms with van der Waals surface area (Å²) in [5, 5.41) is 0.399. The van der Waals surface area contributed by atoms with Crippen LogP contribution in [0.15, 0.2) is 28.7 Å². The average Bonchev–Trinajstić information content (AvgIpc) is 2.26. The van der Waals surface area contributed by atoms with Crippen LogP contribution in [-0.4, -0.2) is 11.8 Å². The number of nitrogens with two attached hydrogens (primary N) is 1. The summed E-state index contributed by atoms with van der Waals surface area (Å²) in [6.07, 6.45) is 1.01. The van der Waals surface area contributed by atoms with Gasteiger partial charge in [0.15, 0.2) is 0 Å². The SMILES string of the molecule is CCSC(c1ccccc1Br)C(N)CC. The summed E-state index contributed by atoms with van der Waals surface area (Å²) in [5.74, 6) is 1.10. The number of halogens is 1. The molecule has 1 nitrogen and oxygen atoms in total. The molecule has 0 bridgehead atoms. The molecule has 0 aliphatic heterocycles. The van der Waals surface area contributed by atoms with Gasteiger partial charge in [-0.1, -0.05) is 48.0 Å². The first kappa shape index (κ1) is 13.1. The summed E-state index contributed by atoms with van der Waals surface area (Å²) >= 11 is 5.52. The van der Waals surface area contributed by atoms with Gasteiger partial charge in [-0.05, 0) is 23.8 Å². The van der Waals surface area contributed by atoms with E-state index in [1.165, 1.54) is 10.0 Å². The maximum absolute atomic E-state index is 6.16. The smallest absolute Gasteiger partial charge is 0.0459 e. The number of hydrogen-bond acceptors (Lipinski definition) is 2. The van der Waals surface area contributed by atoms with Gasteiger partial charge in [-0.25, -0.2) is 0 Å². The van der Waals surface area contributed by atoms with Gasteiger partial charge in [0.2, 0.25) is 0 Å². The van der Waals surface area contributed by atoms with E-state index in [9.17, 15) is 0 Å². The first-order valence-electron chi connectivity index (χ1n) is 5.32. The zero-order chi connectivity index (χ0) is 11.3. The van der Waals surface area contributed by atoms with Gasteiger partial charge in [0.05, 0.1) is 0 Å². The Morgan fingerprint density at radius 2 is 2.00 bits per heavy atom. The van der Waals surface area contributed by atoms with E-state index in [0.717, 1.165) is 12.2 Å². The van der Waals surface area contributed by atoms with Crippen molar-refractivity contribution in [1.82, 2.24) is 0 Å². The zero-order valence-electron chi connectivity index (χ0n) is 9.24. The standard InChI is InChI=1S/C12H18BrNS/c1-3-11(14)12(15-4-2)9-7-5-6-8-10(9)13/h5-8,11-12H,3-4,14H2,1-2H3. The van der Waals surface area contributed by atoms with Crippen LogP contribution >= 0.6 is 27.7 Å². The molecular weight excluding hydrogens is 270 g/mol. The number of benzene rings is 1. The van der Waals surface area contributed by atoms with Crippen LogP contribution in [0.1, 0.15) is 31.1 Å². The van der Waals surface area contributed by atoms with Crippen molar-refractivity contribution in [2.45, 2.75) is 31.6 Å². The Bertz CT molecular complexity index is 303. The highest BCUT2D eigenvalue weighted by atomic mass is 79.9. The molecule has 2 atom stereocenters. The molecule has 0 spiro atoms. The van der Waals surface area contributed by atoms with E-state index in [4.69, 9.17) is 5.73 Å². The molecule has 0 aliphatic carbocycles. The molecule has 1 rings (SSSR count). The summed E-state index contributed by atoms with van der Waals surface area (Å²) in [7, 11) is 0. The van der Waals surface area contributed by atoms with Crippen molar-refractivity contribution in [1.29, 1.82) is 0 Å². The molecular formula is C12H18BrNS. The topological polar surface area (TPSA) is 26.0 Å². The van der Waals surface area contributed by atoms with Crippen molar-refractivity contribution in [2.75, 3.05) is 5.75 Å². The molecule has 3 heteroatoms. The van der Waals surface area contributed by atoms with Gasteiger partial charge in [0, 0.05) is 15.8 Å². The van der Waals surface area contributed by atoms with Crippen LogP contribution in [0.2, 0.25) is 0 Å². The molecule has 0 saturated heterocycles. The van der Waals surface area contributed by atoms with E-state index in [2.05, 4.69) is 48.0 Å². The molecule has 0 amide bonds. The maximum Gasteiger partial charge on any atom is 0.0459 e. The molecule has 0 saturated carbocycles.